The highest BCUT2D eigenvalue weighted by atomic mass is 35.5. The van der Waals surface area contributed by atoms with Crippen molar-refractivity contribution in [3.63, 3.8) is 0 Å². The average molecular weight is 499 g/mol. The summed E-state index contributed by atoms with van der Waals surface area (Å²) in [6, 6.07) is 8.02. The van der Waals surface area contributed by atoms with E-state index in [-0.39, 0.29) is 57.9 Å². The number of fused-ring (bicyclic) bond motifs is 1. The third-order valence-electron chi connectivity index (χ3n) is 5.35. The lowest BCUT2D eigenvalue weighted by Gasteiger charge is -2.39. The molecule has 1 fully saturated rings. The van der Waals surface area contributed by atoms with Crippen molar-refractivity contribution in [3.05, 3.63) is 36.4 Å². The van der Waals surface area contributed by atoms with Crippen LogP contribution in [0.5, 0.6) is 28.7 Å². The largest absolute Gasteiger partial charge is 1.00 e. The summed E-state index contributed by atoms with van der Waals surface area (Å²) in [5.41, 5.74) is 0.449. The first-order valence-electron chi connectivity index (χ1n) is 9.91. The van der Waals surface area contributed by atoms with Crippen molar-refractivity contribution in [1.82, 2.24) is 0 Å². The Labute approximate surface area is 199 Å². The molecule has 1 aliphatic heterocycles. The smallest absolute Gasteiger partial charge is 0.402 e. The molecule has 0 radical (unpaired) electrons. The Bertz CT molecular complexity index is 1170. The number of hydrogen-bond acceptors (Lipinski definition) is 10. The highest BCUT2D eigenvalue weighted by Gasteiger charge is 2.45. The number of ether oxygens (including phenoxy) is 3. The molecule has 11 nitrogen and oxygen atoms in total. The molecular weight excluding hydrogens is 476 g/mol. The van der Waals surface area contributed by atoms with E-state index in [4.69, 9.17) is 18.6 Å². The monoisotopic (exact) mass is 498 g/mol. The predicted molar refractivity (Wildman–Crippen MR) is 112 cm³/mol. The lowest BCUT2D eigenvalue weighted by atomic mass is 9.99. The van der Waals surface area contributed by atoms with Gasteiger partial charge in [0.1, 0.15) is 41.3 Å². The normalized spacial score (nSPS) is 24.4. The number of phenols is 3. The van der Waals surface area contributed by atoms with Crippen molar-refractivity contribution in [2.75, 3.05) is 13.7 Å². The molecule has 0 bridgehead atoms. The fourth-order valence-electron chi connectivity index (χ4n) is 3.58. The lowest BCUT2D eigenvalue weighted by Crippen LogP contribution is -3.00. The van der Waals surface area contributed by atoms with E-state index in [1.165, 1.54) is 37.4 Å². The molecule has 34 heavy (non-hydrogen) atoms. The van der Waals surface area contributed by atoms with Crippen LogP contribution in [0.4, 0.5) is 0 Å². The Kier molecular flexibility index (Phi) is 7.56. The zero-order valence-electron chi connectivity index (χ0n) is 17.7. The van der Waals surface area contributed by atoms with E-state index < -0.39 is 37.3 Å². The topological polar surface area (TPSA) is 181 Å². The van der Waals surface area contributed by atoms with Crippen molar-refractivity contribution in [1.29, 1.82) is 0 Å². The van der Waals surface area contributed by atoms with Gasteiger partial charge in [-0.15, -0.1) is 0 Å². The minimum atomic E-state index is -1.69. The SMILES string of the molecule is COc1cc(-c2[o+]c3cc(O)cc(O)c3cc2O[C@@H]2O[C@H](CO)[C@@H](O)[C@H](O)[C@H]2O)ccc1O.[Cl-]. The molecule has 0 spiro atoms. The maximum absolute atomic E-state index is 10.4. The minimum absolute atomic E-state index is 0. The lowest BCUT2D eigenvalue weighted by molar-refractivity contribution is -0.277. The van der Waals surface area contributed by atoms with Gasteiger partial charge in [0.05, 0.1) is 25.3 Å². The molecule has 1 aromatic heterocycles. The summed E-state index contributed by atoms with van der Waals surface area (Å²) in [6.07, 6.45) is -7.65. The molecule has 0 aliphatic carbocycles. The van der Waals surface area contributed by atoms with Gasteiger partial charge in [-0.25, -0.2) is 4.42 Å². The second-order valence-electron chi connectivity index (χ2n) is 7.52. The van der Waals surface area contributed by atoms with Gasteiger partial charge in [0.15, 0.2) is 11.5 Å². The van der Waals surface area contributed by atoms with E-state index in [1.807, 2.05) is 0 Å². The molecule has 7 N–H and O–H groups in total. The third kappa shape index (κ3) is 4.62. The number of aliphatic hydroxyl groups excluding tert-OH is 4. The maximum Gasteiger partial charge on any atom is 0.402 e. The molecule has 184 valence electrons. The molecular formula is C22H23ClO11. The molecule has 2 heterocycles. The highest BCUT2D eigenvalue weighted by molar-refractivity contribution is 5.88. The summed E-state index contributed by atoms with van der Waals surface area (Å²) >= 11 is 0. The van der Waals surface area contributed by atoms with Crippen LogP contribution in [0.2, 0.25) is 0 Å². The molecule has 0 amide bonds. The fourth-order valence-corrected chi connectivity index (χ4v) is 3.58. The number of aliphatic hydroxyl groups is 4. The molecule has 0 unspecified atom stereocenters. The number of aromatic hydroxyl groups is 3. The van der Waals surface area contributed by atoms with Gasteiger partial charge in [-0.1, -0.05) is 0 Å². The summed E-state index contributed by atoms with van der Waals surface area (Å²) < 4.78 is 22.2. The summed E-state index contributed by atoms with van der Waals surface area (Å²) in [5.74, 6) is -0.583. The minimum Gasteiger partial charge on any atom is -1.00 e. The van der Waals surface area contributed by atoms with Gasteiger partial charge in [0.25, 0.3) is 0 Å². The molecule has 0 saturated carbocycles. The molecule has 3 aromatic rings. The standard InChI is InChI=1S/C22H22O11.ClH/c1-30-15-4-9(2-3-12(15)25)21-16(7-11-13(26)5-10(24)6-14(11)31-21)32-22-20(29)19(28)18(27)17(8-23)33-22;/h2-7,17-20,22-23,27-29H,8H2,1H3,(H2-,24,25,26);1H/t17-,18-,19+,20-,22-;/m1./s1. The number of methoxy groups -OCH3 is 1. The first-order valence-corrected chi connectivity index (χ1v) is 9.91. The van der Waals surface area contributed by atoms with Gasteiger partial charge < -0.3 is 62.4 Å². The molecule has 5 atom stereocenters. The van der Waals surface area contributed by atoms with Crippen LogP contribution < -0.4 is 21.9 Å². The van der Waals surface area contributed by atoms with E-state index in [0.717, 1.165) is 6.07 Å². The Morgan fingerprint density at radius 1 is 0.912 bits per heavy atom. The number of phenolic OH excluding ortho intramolecular Hbond substituents is 3. The molecule has 1 aliphatic rings. The Balaban J connectivity index is 0.00000324. The van der Waals surface area contributed by atoms with Gasteiger partial charge in [-0.2, -0.15) is 0 Å². The number of hydrogen-bond donors (Lipinski definition) is 7. The summed E-state index contributed by atoms with van der Waals surface area (Å²) in [5, 5.41) is 70.0. The van der Waals surface area contributed by atoms with E-state index in [1.54, 1.807) is 0 Å². The summed E-state index contributed by atoms with van der Waals surface area (Å²) in [4.78, 5) is 0. The summed E-state index contributed by atoms with van der Waals surface area (Å²) in [6.45, 7) is -0.644. The van der Waals surface area contributed by atoms with Crippen molar-refractivity contribution < 1.29 is 66.8 Å². The Hall–Kier alpha value is -3.06. The van der Waals surface area contributed by atoms with Crippen LogP contribution >= 0.6 is 0 Å². The van der Waals surface area contributed by atoms with Crippen molar-refractivity contribution in [2.45, 2.75) is 30.7 Å². The van der Waals surface area contributed by atoms with Gasteiger partial charge in [0.2, 0.25) is 12.0 Å². The number of rotatable bonds is 5. The van der Waals surface area contributed by atoms with Crippen molar-refractivity contribution in [3.8, 4) is 40.1 Å². The molecule has 4 rings (SSSR count). The predicted octanol–water partition coefficient (Wildman–Crippen LogP) is -2.31. The van der Waals surface area contributed by atoms with Crippen molar-refractivity contribution in [2.24, 2.45) is 0 Å². The summed E-state index contributed by atoms with van der Waals surface area (Å²) in [7, 11) is 1.36. The Morgan fingerprint density at radius 2 is 1.65 bits per heavy atom. The third-order valence-corrected chi connectivity index (χ3v) is 5.35. The van der Waals surface area contributed by atoms with Crippen LogP contribution in [0.15, 0.2) is 40.8 Å². The van der Waals surface area contributed by atoms with Gasteiger partial charge >= 0.3 is 11.3 Å². The van der Waals surface area contributed by atoms with E-state index >= 15 is 0 Å². The van der Waals surface area contributed by atoms with Crippen molar-refractivity contribution >= 4 is 11.0 Å². The van der Waals surface area contributed by atoms with Gasteiger partial charge in [-0.05, 0) is 12.1 Å². The van der Waals surface area contributed by atoms with Crippen LogP contribution in [0, 0.1) is 0 Å². The molecule has 2 aromatic carbocycles. The highest BCUT2D eigenvalue weighted by Crippen LogP contribution is 2.42. The van der Waals surface area contributed by atoms with Gasteiger partial charge in [0, 0.05) is 18.2 Å². The van der Waals surface area contributed by atoms with Crippen LogP contribution in [-0.4, -0.2) is 80.2 Å². The fraction of sp³-hybridized carbons (Fsp3) is 0.318. The van der Waals surface area contributed by atoms with Crippen LogP contribution in [-0.2, 0) is 4.74 Å². The maximum atomic E-state index is 10.4. The van der Waals surface area contributed by atoms with Gasteiger partial charge in [-0.3, -0.25) is 0 Å². The first kappa shape index (κ1) is 25.6. The molecule has 1 saturated heterocycles. The van der Waals surface area contributed by atoms with E-state index in [0.29, 0.717) is 5.56 Å². The number of benzene rings is 2. The number of halogens is 1. The molecule has 12 heteroatoms. The zero-order valence-corrected chi connectivity index (χ0v) is 18.5. The van der Waals surface area contributed by atoms with Crippen LogP contribution in [0.3, 0.4) is 0 Å². The quantitative estimate of drug-likeness (QED) is 0.188. The van der Waals surface area contributed by atoms with E-state index in [9.17, 15) is 35.7 Å². The van der Waals surface area contributed by atoms with Crippen LogP contribution in [0.25, 0.3) is 22.3 Å². The zero-order chi connectivity index (χ0) is 23.9. The average Bonchev–Trinajstić information content (AvgIpc) is 2.79. The second-order valence-corrected chi connectivity index (χ2v) is 7.52. The Morgan fingerprint density at radius 3 is 2.32 bits per heavy atom. The van der Waals surface area contributed by atoms with E-state index in [2.05, 4.69) is 0 Å². The van der Waals surface area contributed by atoms with Crippen LogP contribution in [0.1, 0.15) is 0 Å². The second kappa shape index (κ2) is 10.1. The first-order chi connectivity index (χ1) is 15.7.